The van der Waals surface area contributed by atoms with Crippen molar-refractivity contribution in [1.82, 2.24) is 15.6 Å². The van der Waals surface area contributed by atoms with E-state index in [0.717, 1.165) is 24.0 Å². The fraction of sp³-hybridized carbons (Fsp3) is 0.444. The number of aliphatic imine (C=N–C) groups is 1. The van der Waals surface area contributed by atoms with Gasteiger partial charge in [-0.3, -0.25) is 4.99 Å². The van der Waals surface area contributed by atoms with E-state index in [1.807, 2.05) is 37.2 Å². The highest BCUT2D eigenvalue weighted by Crippen LogP contribution is 2.26. The molecule has 0 aliphatic rings. The zero-order valence-corrected chi connectivity index (χ0v) is 15.9. The first kappa shape index (κ1) is 18.3. The quantitative estimate of drug-likeness (QED) is 0.624. The predicted molar refractivity (Wildman–Crippen MR) is 104 cm³/mol. The van der Waals surface area contributed by atoms with Gasteiger partial charge in [-0.25, -0.2) is 4.98 Å². The number of guanidine groups is 1. The van der Waals surface area contributed by atoms with Gasteiger partial charge in [-0.2, -0.15) is 0 Å². The molecule has 0 saturated carbocycles. The molecule has 0 radical (unpaired) electrons. The molecule has 2 N–H and O–H groups in total. The van der Waals surface area contributed by atoms with Crippen LogP contribution in [0.1, 0.15) is 24.4 Å². The van der Waals surface area contributed by atoms with Crippen LogP contribution in [-0.2, 0) is 12.0 Å². The maximum Gasteiger partial charge on any atom is 0.191 e. The molecule has 2 aromatic heterocycles. The smallest absolute Gasteiger partial charge is 0.191 e. The molecule has 0 amide bonds. The van der Waals surface area contributed by atoms with E-state index in [0.29, 0.717) is 6.54 Å². The van der Waals surface area contributed by atoms with E-state index in [1.54, 1.807) is 18.4 Å². The summed E-state index contributed by atoms with van der Waals surface area (Å²) in [6.45, 7) is 5.93. The number of nitrogens with zero attached hydrogens (tertiary/aromatic N) is 3. The first-order valence-electron chi connectivity index (χ1n) is 8.04. The first-order valence-corrected chi connectivity index (χ1v) is 8.92. The highest BCUT2D eigenvalue weighted by Gasteiger charge is 2.21. The monoisotopic (exact) mass is 345 g/mol. The predicted octanol–water partition coefficient (Wildman–Crippen LogP) is 2.85. The maximum absolute atomic E-state index is 4.61. The van der Waals surface area contributed by atoms with Crippen molar-refractivity contribution in [2.75, 3.05) is 32.6 Å². The average molecular weight is 346 g/mol. The van der Waals surface area contributed by atoms with Gasteiger partial charge in [0, 0.05) is 38.0 Å². The van der Waals surface area contributed by atoms with Crippen molar-refractivity contribution in [2.24, 2.45) is 4.99 Å². The first-order chi connectivity index (χ1) is 11.4. The molecule has 0 bridgehead atoms. The summed E-state index contributed by atoms with van der Waals surface area (Å²) in [5.41, 5.74) is 1.05. The number of aromatic nitrogens is 1. The Bertz CT molecular complexity index is 662. The van der Waals surface area contributed by atoms with Crippen molar-refractivity contribution in [3.8, 4) is 0 Å². The van der Waals surface area contributed by atoms with Crippen molar-refractivity contribution in [3.05, 3.63) is 46.3 Å². The van der Waals surface area contributed by atoms with Crippen molar-refractivity contribution < 1.29 is 0 Å². The zero-order chi connectivity index (χ0) is 17.6. The number of anilines is 1. The zero-order valence-electron chi connectivity index (χ0n) is 15.1. The van der Waals surface area contributed by atoms with Crippen LogP contribution in [0.4, 0.5) is 5.82 Å². The molecule has 2 heterocycles. The summed E-state index contributed by atoms with van der Waals surface area (Å²) < 4.78 is 0. The maximum atomic E-state index is 4.61. The van der Waals surface area contributed by atoms with Crippen LogP contribution in [0.15, 0.2) is 40.7 Å². The normalized spacial score (nSPS) is 12.1. The number of rotatable bonds is 6. The fourth-order valence-electron chi connectivity index (χ4n) is 2.26. The number of nitrogens with one attached hydrogen (secondary N) is 2. The Morgan fingerprint density at radius 3 is 2.62 bits per heavy atom. The van der Waals surface area contributed by atoms with Gasteiger partial charge < -0.3 is 15.5 Å². The average Bonchev–Trinajstić information content (AvgIpc) is 3.10. The van der Waals surface area contributed by atoms with Crippen LogP contribution < -0.4 is 15.5 Å². The second-order valence-corrected chi connectivity index (χ2v) is 7.47. The minimum absolute atomic E-state index is 0.0644. The minimum Gasteiger partial charge on any atom is -0.363 e. The summed E-state index contributed by atoms with van der Waals surface area (Å²) in [6.07, 6.45) is 0. The lowest BCUT2D eigenvalue weighted by molar-refractivity contribution is 0.518. The SMILES string of the molecule is CN=C(NCc1cccc(N(C)C)n1)NCC(C)(C)c1cccs1. The third-order valence-electron chi connectivity index (χ3n) is 3.80. The lowest BCUT2D eigenvalue weighted by Crippen LogP contribution is -2.43. The van der Waals surface area contributed by atoms with Gasteiger partial charge in [-0.15, -0.1) is 11.3 Å². The van der Waals surface area contributed by atoms with Crippen LogP contribution in [0.2, 0.25) is 0 Å². The van der Waals surface area contributed by atoms with E-state index in [-0.39, 0.29) is 5.41 Å². The second-order valence-electron chi connectivity index (χ2n) is 6.52. The molecule has 0 atom stereocenters. The molecule has 0 aromatic carbocycles. The second kappa shape index (κ2) is 8.15. The van der Waals surface area contributed by atoms with Crippen molar-refractivity contribution >= 4 is 23.1 Å². The highest BCUT2D eigenvalue weighted by molar-refractivity contribution is 7.10. The number of hydrogen-bond donors (Lipinski definition) is 2. The van der Waals surface area contributed by atoms with Gasteiger partial charge in [-0.1, -0.05) is 26.0 Å². The van der Waals surface area contributed by atoms with E-state index in [9.17, 15) is 0 Å². The Labute approximate surface area is 148 Å². The van der Waals surface area contributed by atoms with E-state index in [4.69, 9.17) is 0 Å². The molecule has 0 spiro atoms. The summed E-state index contributed by atoms with van der Waals surface area (Å²) in [7, 11) is 5.77. The number of thiophene rings is 1. The molecule has 6 heteroatoms. The summed E-state index contributed by atoms with van der Waals surface area (Å²) in [5.74, 6) is 1.74. The van der Waals surface area contributed by atoms with Gasteiger partial charge in [0.05, 0.1) is 12.2 Å². The Kier molecular flexibility index (Phi) is 6.20. The third kappa shape index (κ3) is 4.96. The summed E-state index contributed by atoms with van der Waals surface area (Å²) in [6, 6.07) is 10.3. The van der Waals surface area contributed by atoms with Crippen molar-refractivity contribution in [1.29, 1.82) is 0 Å². The van der Waals surface area contributed by atoms with Gasteiger partial charge in [0.15, 0.2) is 5.96 Å². The molecular weight excluding hydrogens is 318 g/mol. The van der Waals surface area contributed by atoms with E-state index in [2.05, 4.69) is 52.0 Å². The van der Waals surface area contributed by atoms with Crippen LogP contribution in [0.5, 0.6) is 0 Å². The van der Waals surface area contributed by atoms with Crippen LogP contribution >= 0.6 is 11.3 Å². The Morgan fingerprint density at radius 1 is 1.21 bits per heavy atom. The van der Waals surface area contributed by atoms with Gasteiger partial charge in [0.25, 0.3) is 0 Å². The highest BCUT2D eigenvalue weighted by atomic mass is 32.1. The van der Waals surface area contributed by atoms with Crippen LogP contribution in [0, 0.1) is 0 Å². The van der Waals surface area contributed by atoms with Crippen LogP contribution in [-0.4, -0.2) is 38.6 Å². The lowest BCUT2D eigenvalue weighted by atomic mass is 9.91. The Balaban J connectivity index is 1.90. The molecule has 0 aliphatic carbocycles. The minimum atomic E-state index is 0.0644. The molecule has 2 rings (SSSR count). The third-order valence-corrected chi connectivity index (χ3v) is 5.03. The summed E-state index contributed by atoms with van der Waals surface area (Å²) >= 11 is 1.79. The van der Waals surface area contributed by atoms with Crippen LogP contribution in [0.3, 0.4) is 0 Å². The molecule has 0 saturated heterocycles. The van der Waals surface area contributed by atoms with Gasteiger partial charge in [0.1, 0.15) is 5.82 Å². The fourth-order valence-corrected chi connectivity index (χ4v) is 3.12. The molecule has 2 aromatic rings. The molecule has 0 aliphatic heterocycles. The standard InChI is InChI=1S/C18H27N5S/c1-18(2,15-9-7-11-24-15)13-21-17(19-3)20-12-14-8-6-10-16(22-14)23(4)5/h6-11H,12-13H2,1-5H3,(H2,19,20,21). The topological polar surface area (TPSA) is 52.6 Å². The van der Waals surface area contributed by atoms with Gasteiger partial charge in [-0.05, 0) is 23.6 Å². The molecule has 24 heavy (non-hydrogen) atoms. The Hall–Kier alpha value is -2.08. The number of hydrogen-bond acceptors (Lipinski definition) is 4. The van der Waals surface area contributed by atoms with Crippen molar-refractivity contribution in [2.45, 2.75) is 25.8 Å². The number of pyridine rings is 1. The molecule has 5 nitrogen and oxygen atoms in total. The van der Waals surface area contributed by atoms with E-state index in [1.165, 1.54) is 4.88 Å². The molecule has 130 valence electrons. The molecular formula is C18H27N5S. The lowest BCUT2D eigenvalue weighted by Gasteiger charge is -2.25. The van der Waals surface area contributed by atoms with Crippen LogP contribution in [0.25, 0.3) is 0 Å². The Morgan fingerprint density at radius 2 is 2.00 bits per heavy atom. The van der Waals surface area contributed by atoms with Gasteiger partial charge >= 0.3 is 0 Å². The summed E-state index contributed by atoms with van der Waals surface area (Å²) in [4.78, 5) is 12.3. The molecule has 0 fully saturated rings. The van der Waals surface area contributed by atoms with E-state index < -0.39 is 0 Å². The summed E-state index contributed by atoms with van der Waals surface area (Å²) in [5, 5.41) is 8.86. The van der Waals surface area contributed by atoms with Crippen molar-refractivity contribution in [3.63, 3.8) is 0 Å². The largest absolute Gasteiger partial charge is 0.363 e. The molecule has 0 unspecified atom stereocenters. The van der Waals surface area contributed by atoms with Gasteiger partial charge in [0.2, 0.25) is 0 Å². The van der Waals surface area contributed by atoms with E-state index >= 15 is 0 Å².